The lowest BCUT2D eigenvalue weighted by Crippen LogP contribution is -2.11. The lowest BCUT2D eigenvalue weighted by Gasteiger charge is -2.12. The van der Waals surface area contributed by atoms with Crippen LogP contribution in [0.3, 0.4) is 0 Å². The summed E-state index contributed by atoms with van der Waals surface area (Å²) in [5.41, 5.74) is 3.43. The summed E-state index contributed by atoms with van der Waals surface area (Å²) in [7, 11) is 0. The molecule has 1 aliphatic carbocycles. The van der Waals surface area contributed by atoms with Crippen LogP contribution in [-0.2, 0) is 17.8 Å². The molecule has 0 amide bonds. The van der Waals surface area contributed by atoms with Gasteiger partial charge in [-0.3, -0.25) is 4.79 Å². The standard InChI is InChI=1S/C18H22N2O/c1-2-20-17-11-7-6-10-16(17)19-18(20)13-15(21)12-14-8-4-3-5-9-14/h6-8,10-11H,2-5,9,12-13H2,1H3. The van der Waals surface area contributed by atoms with Gasteiger partial charge in [-0.2, -0.15) is 0 Å². The zero-order chi connectivity index (χ0) is 14.7. The molecule has 21 heavy (non-hydrogen) atoms. The number of aryl methyl sites for hydroxylation is 1. The first-order chi connectivity index (χ1) is 10.3. The Labute approximate surface area is 125 Å². The molecule has 110 valence electrons. The molecule has 0 spiro atoms. The molecule has 1 heterocycles. The number of rotatable bonds is 5. The van der Waals surface area contributed by atoms with E-state index in [-0.39, 0.29) is 5.78 Å². The molecule has 1 aromatic carbocycles. The summed E-state index contributed by atoms with van der Waals surface area (Å²) >= 11 is 0. The predicted molar refractivity (Wildman–Crippen MR) is 85.3 cm³/mol. The third kappa shape index (κ3) is 3.07. The number of para-hydroxylation sites is 2. The second-order valence-electron chi connectivity index (χ2n) is 5.76. The molecular formula is C18H22N2O. The Hall–Kier alpha value is -1.90. The summed E-state index contributed by atoms with van der Waals surface area (Å²) in [5, 5.41) is 0. The Bertz CT molecular complexity index is 682. The van der Waals surface area contributed by atoms with Gasteiger partial charge in [0.05, 0.1) is 17.5 Å². The fraction of sp³-hybridized carbons (Fsp3) is 0.444. The highest BCUT2D eigenvalue weighted by molar-refractivity contribution is 5.84. The number of carbonyl (C=O) groups excluding carboxylic acids is 1. The summed E-state index contributed by atoms with van der Waals surface area (Å²) in [4.78, 5) is 17.0. The van der Waals surface area contributed by atoms with Crippen LogP contribution < -0.4 is 0 Å². The van der Waals surface area contributed by atoms with Crippen molar-refractivity contribution in [3.8, 4) is 0 Å². The number of benzene rings is 1. The largest absolute Gasteiger partial charge is 0.328 e. The predicted octanol–water partition coefficient (Wildman–Crippen LogP) is 4.06. The number of hydrogen-bond donors (Lipinski definition) is 0. The molecule has 3 heteroatoms. The lowest BCUT2D eigenvalue weighted by molar-refractivity contribution is -0.118. The van der Waals surface area contributed by atoms with Crippen molar-refractivity contribution in [1.29, 1.82) is 0 Å². The fourth-order valence-corrected chi connectivity index (χ4v) is 3.17. The first-order valence-corrected chi connectivity index (χ1v) is 7.91. The maximum Gasteiger partial charge on any atom is 0.144 e. The van der Waals surface area contributed by atoms with E-state index in [1.165, 1.54) is 18.4 Å². The van der Waals surface area contributed by atoms with Gasteiger partial charge in [0.1, 0.15) is 11.6 Å². The van der Waals surface area contributed by atoms with Gasteiger partial charge in [-0.05, 0) is 44.7 Å². The van der Waals surface area contributed by atoms with Crippen LogP contribution in [0.4, 0.5) is 0 Å². The smallest absolute Gasteiger partial charge is 0.144 e. The Balaban J connectivity index is 1.77. The second kappa shape index (κ2) is 6.25. The summed E-state index contributed by atoms with van der Waals surface area (Å²) in [6.07, 6.45) is 8.03. The van der Waals surface area contributed by atoms with Crippen molar-refractivity contribution in [2.45, 2.75) is 52.0 Å². The first-order valence-electron chi connectivity index (χ1n) is 7.91. The van der Waals surface area contributed by atoms with Crippen LogP contribution in [0.5, 0.6) is 0 Å². The van der Waals surface area contributed by atoms with Crippen LogP contribution in [-0.4, -0.2) is 15.3 Å². The third-order valence-electron chi connectivity index (χ3n) is 4.21. The zero-order valence-electron chi connectivity index (χ0n) is 12.6. The van der Waals surface area contributed by atoms with Crippen molar-refractivity contribution < 1.29 is 4.79 Å². The monoisotopic (exact) mass is 282 g/mol. The number of Topliss-reactive ketones (excluding diaryl/α,β-unsaturated/α-hetero) is 1. The molecule has 1 aromatic heterocycles. The lowest BCUT2D eigenvalue weighted by atomic mass is 9.95. The SMILES string of the molecule is CCn1c(CC(=O)CC2=CCCCC2)nc2ccccc21. The number of carbonyl (C=O) groups is 1. The van der Waals surface area contributed by atoms with Crippen molar-refractivity contribution in [2.75, 3.05) is 0 Å². The number of fused-ring (bicyclic) bond motifs is 1. The second-order valence-corrected chi connectivity index (χ2v) is 5.76. The molecule has 2 aromatic rings. The zero-order valence-corrected chi connectivity index (χ0v) is 12.6. The molecule has 0 fully saturated rings. The molecular weight excluding hydrogens is 260 g/mol. The Morgan fingerprint density at radius 2 is 2.10 bits per heavy atom. The molecule has 0 saturated heterocycles. The van der Waals surface area contributed by atoms with Gasteiger partial charge in [0.2, 0.25) is 0 Å². The average Bonchev–Trinajstić information content (AvgIpc) is 2.85. The highest BCUT2D eigenvalue weighted by Crippen LogP contribution is 2.22. The number of allylic oxidation sites excluding steroid dienone is 2. The van der Waals surface area contributed by atoms with Gasteiger partial charge in [0.15, 0.2) is 0 Å². The van der Waals surface area contributed by atoms with Crippen LogP contribution >= 0.6 is 0 Å². The normalized spacial score (nSPS) is 15.2. The van der Waals surface area contributed by atoms with E-state index in [0.29, 0.717) is 12.8 Å². The van der Waals surface area contributed by atoms with Crippen LogP contribution in [0, 0.1) is 0 Å². The van der Waals surface area contributed by atoms with E-state index in [2.05, 4.69) is 28.6 Å². The van der Waals surface area contributed by atoms with E-state index in [1.54, 1.807) is 0 Å². The van der Waals surface area contributed by atoms with Crippen molar-refractivity contribution >= 4 is 16.8 Å². The minimum absolute atomic E-state index is 0.285. The molecule has 0 bridgehead atoms. The minimum Gasteiger partial charge on any atom is -0.328 e. The highest BCUT2D eigenvalue weighted by atomic mass is 16.1. The maximum atomic E-state index is 12.3. The highest BCUT2D eigenvalue weighted by Gasteiger charge is 2.15. The van der Waals surface area contributed by atoms with Gasteiger partial charge in [-0.15, -0.1) is 0 Å². The number of imidazole rings is 1. The van der Waals surface area contributed by atoms with Crippen LogP contribution in [0.2, 0.25) is 0 Å². The van der Waals surface area contributed by atoms with Crippen molar-refractivity contribution in [3.63, 3.8) is 0 Å². The Kier molecular flexibility index (Phi) is 4.18. The molecule has 0 atom stereocenters. The summed E-state index contributed by atoms with van der Waals surface area (Å²) in [6, 6.07) is 8.10. The van der Waals surface area contributed by atoms with E-state index >= 15 is 0 Å². The fourth-order valence-electron chi connectivity index (χ4n) is 3.17. The molecule has 0 radical (unpaired) electrons. The number of ketones is 1. The van der Waals surface area contributed by atoms with Crippen molar-refractivity contribution in [3.05, 3.63) is 41.7 Å². The van der Waals surface area contributed by atoms with Crippen LogP contribution in [0.15, 0.2) is 35.9 Å². The van der Waals surface area contributed by atoms with Crippen LogP contribution in [0.1, 0.15) is 44.9 Å². The Morgan fingerprint density at radius 1 is 1.24 bits per heavy atom. The number of nitrogens with zero attached hydrogens (tertiary/aromatic N) is 2. The number of aromatic nitrogens is 2. The van der Waals surface area contributed by atoms with E-state index in [9.17, 15) is 4.79 Å². The summed E-state index contributed by atoms with van der Waals surface area (Å²) in [5.74, 6) is 1.19. The van der Waals surface area contributed by atoms with Gasteiger partial charge in [-0.1, -0.05) is 23.8 Å². The molecule has 3 rings (SSSR count). The third-order valence-corrected chi connectivity index (χ3v) is 4.21. The summed E-state index contributed by atoms with van der Waals surface area (Å²) in [6.45, 7) is 2.96. The molecule has 3 nitrogen and oxygen atoms in total. The minimum atomic E-state index is 0.285. The van der Waals surface area contributed by atoms with Gasteiger partial charge < -0.3 is 4.57 Å². The van der Waals surface area contributed by atoms with Gasteiger partial charge >= 0.3 is 0 Å². The van der Waals surface area contributed by atoms with Gasteiger partial charge in [0, 0.05) is 13.0 Å². The topological polar surface area (TPSA) is 34.9 Å². The molecule has 0 unspecified atom stereocenters. The van der Waals surface area contributed by atoms with Crippen molar-refractivity contribution in [1.82, 2.24) is 9.55 Å². The number of hydrogen-bond acceptors (Lipinski definition) is 2. The first kappa shape index (κ1) is 14.1. The molecule has 0 N–H and O–H groups in total. The van der Waals surface area contributed by atoms with Gasteiger partial charge in [0.25, 0.3) is 0 Å². The summed E-state index contributed by atoms with van der Waals surface area (Å²) < 4.78 is 2.16. The molecule has 0 saturated carbocycles. The van der Waals surface area contributed by atoms with E-state index in [4.69, 9.17) is 0 Å². The molecule has 1 aliphatic rings. The average molecular weight is 282 g/mol. The van der Waals surface area contributed by atoms with E-state index in [1.807, 2.05) is 18.2 Å². The van der Waals surface area contributed by atoms with E-state index in [0.717, 1.165) is 36.2 Å². The van der Waals surface area contributed by atoms with Gasteiger partial charge in [-0.25, -0.2) is 4.98 Å². The maximum absolute atomic E-state index is 12.3. The van der Waals surface area contributed by atoms with Crippen molar-refractivity contribution in [2.24, 2.45) is 0 Å². The Morgan fingerprint density at radius 3 is 2.86 bits per heavy atom. The molecule has 0 aliphatic heterocycles. The van der Waals surface area contributed by atoms with E-state index < -0.39 is 0 Å². The van der Waals surface area contributed by atoms with Crippen LogP contribution in [0.25, 0.3) is 11.0 Å². The quantitative estimate of drug-likeness (QED) is 0.775.